The minimum absolute atomic E-state index is 0.858. The minimum Gasteiger partial charge on any atom is -0.309 e. The molecule has 0 heterocycles. The van der Waals surface area contributed by atoms with Crippen molar-refractivity contribution in [1.29, 1.82) is 0 Å². The first-order chi connectivity index (χ1) is 15.8. The van der Waals surface area contributed by atoms with E-state index in [1.807, 2.05) is 66.7 Å². The van der Waals surface area contributed by atoms with Crippen LogP contribution in [-0.2, 0) is 4.57 Å². The smallest absolute Gasteiger partial charge is 0.172 e. The Hall–Kier alpha value is -3.67. The predicted octanol–water partition coefficient (Wildman–Crippen LogP) is 6.79. The van der Waals surface area contributed by atoms with E-state index < -0.39 is 7.14 Å². The molecule has 0 aliphatic carbocycles. The van der Waals surface area contributed by atoms with Crippen molar-refractivity contribution in [1.82, 2.24) is 0 Å². The molecule has 0 unspecified atom stereocenters. The van der Waals surface area contributed by atoms with E-state index in [0.717, 1.165) is 37.5 Å². The normalized spacial score (nSPS) is 11.9. The summed E-state index contributed by atoms with van der Waals surface area (Å²) in [5.41, 5.74) is 0. The summed E-state index contributed by atoms with van der Waals surface area (Å²) in [5.74, 6) is 0. The van der Waals surface area contributed by atoms with Crippen LogP contribution in [0.1, 0.15) is 0 Å². The van der Waals surface area contributed by atoms with E-state index in [9.17, 15) is 0 Å². The molecule has 0 saturated heterocycles. The van der Waals surface area contributed by atoms with Gasteiger partial charge >= 0.3 is 0 Å². The molecule has 0 aromatic heterocycles. The van der Waals surface area contributed by atoms with Crippen LogP contribution in [0.5, 0.6) is 0 Å². The number of hydrogen-bond acceptors (Lipinski definition) is 1. The van der Waals surface area contributed by atoms with Crippen LogP contribution in [-0.4, -0.2) is 0 Å². The summed E-state index contributed by atoms with van der Waals surface area (Å²) < 4.78 is 15.4. The van der Waals surface area contributed by atoms with Crippen molar-refractivity contribution in [2.24, 2.45) is 0 Å². The van der Waals surface area contributed by atoms with Crippen molar-refractivity contribution >= 4 is 55.4 Å². The summed E-state index contributed by atoms with van der Waals surface area (Å²) in [6.45, 7) is 0. The maximum atomic E-state index is 15.4. The lowest BCUT2D eigenvalue weighted by atomic mass is 9.98. The molecular formula is C30H21OP. The molecule has 0 atom stereocenters. The van der Waals surface area contributed by atoms with Gasteiger partial charge in [-0.25, -0.2) is 0 Å². The van der Waals surface area contributed by atoms with Crippen molar-refractivity contribution < 1.29 is 4.57 Å². The molecule has 32 heavy (non-hydrogen) atoms. The van der Waals surface area contributed by atoms with Gasteiger partial charge in [-0.3, -0.25) is 0 Å². The summed E-state index contributed by atoms with van der Waals surface area (Å²) in [6.07, 6.45) is 0. The molecule has 0 bridgehead atoms. The van der Waals surface area contributed by atoms with E-state index in [1.165, 1.54) is 10.8 Å². The fourth-order valence-electron chi connectivity index (χ4n) is 4.82. The SMILES string of the molecule is O=P(c1ccccc1)(c1ccccc1)c1c2ccccc2cc2c1ccc1ccccc12. The Kier molecular flexibility index (Phi) is 4.45. The molecule has 6 aromatic rings. The molecule has 1 nitrogen and oxygen atoms in total. The monoisotopic (exact) mass is 428 g/mol. The molecule has 0 aliphatic rings. The topological polar surface area (TPSA) is 17.1 Å². The van der Waals surface area contributed by atoms with E-state index in [0.29, 0.717) is 0 Å². The van der Waals surface area contributed by atoms with Crippen LogP contribution < -0.4 is 15.9 Å². The second kappa shape index (κ2) is 7.48. The summed E-state index contributed by atoms with van der Waals surface area (Å²) in [4.78, 5) is 0. The minimum atomic E-state index is -3.15. The number of fused-ring (bicyclic) bond motifs is 4. The lowest BCUT2D eigenvalue weighted by Crippen LogP contribution is -2.26. The Morgan fingerprint density at radius 1 is 0.406 bits per heavy atom. The van der Waals surface area contributed by atoms with Crippen molar-refractivity contribution in [3.63, 3.8) is 0 Å². The van der Waals surface area contributed by atoms with Gasteiger partial charge in [-0.15, -0.1) is 0 Å². The second-order valence-corrected chi connectivity index (χ2v) is 10.8. The fraction of sp³-hybridized carbons (Fsp3) is 0. The Morgan fingerprint density at radius 3 is 1.59 bits per heavy atom. The molecular weight excluding hydrogens is 407 g/mol. The average Bonchev–Trinajstić information content (AvgIpc) is 2.88. The summed E-state index contributed by atoms with van der Waals surface area (Å²) in [6, 6.07) is 43.2. The van der Waals surface area contributed by atoms with Gasteiger partial charge in [0.2, 0.25) is 0 Å². The maximum absolute atomic E-state index is 15.4. The first-order valence-electron chi connectivity index (χ1n) is 10.8. The van der Waals surface area contributed by atoms with Crippen LogP contribution in [0.3, 0.4) is 0 Å². The van der Waals surface area contributed by atoms with Gasteiger partial charge in [0.05, 0.1) is 0 Å². The Bertz CT molecular complexity index is 1590. The zero-order valence-electron chi connectivity index (χ0n) is 17.5. The molecule has 2 heteroatoms. The quantitative estimate of drug-likeness (QED) is 0.172. The van der Waals surface area contributed by atoms with Crippen molar-refractivity contribution in [2.75, 3.05) is 0 Å². The van der Waals surface area contributed by atoms with E-state index in [1.54, 1.807) is 0 Å². The number of hydrogen-bond donors (Lipinski definition) is 0. The highest BCUT2D eigenvalue weighted by atomic mass is 31.2. The largest absolute Gasteiger partial charge is 0.309 e. The van der Waals surface area contributed by atoms with Gasteiger partial charge in [0.25, 0.3) is 0 Å². The van der Waals surface area contributed by atoms with Crippen LogP contribution in [0, 0.1) is 0 Å². The van der Waals surface area contributed by atoms with Crippen LogP contribution >= 0.6 is 7.14 Å². The van der Waals surface area contributed by atoms with Gasteiger partial charge in [-0.2, -0.15) is 0 Å². The fourth-order valence-corrected chi connectivity index (χ4v) is 7.89. The first kappa shape index (κ1) is 19.0. The zero-order chi connectivity index (χ0) is 21.5. The van der Waals surface area contributed by atoms with Gasteiger partial charge in [-0.05, 0) is 38.4 Å². The maximum Gasteiger partial charge on any atom is 0.172 e. The molecule has 0 fully saturated rings. The van der Waals surface area contributed by atoms with Crippen LogP contribution in [0.2, 0.25) is 0 Å². The third kappa shape index (κ3) is 2.83. The van der Waals surface area contributed by atoms with Gasteiger partial charge in [0, 0.05) is 15.9 Å². The molecule has 0 N–H and O–H groups in total. The molecule has 152 valence electrons. The van der Waals surface area contributed by atoms with Crippen molar-refractivity contribution in [2.45, 2.75) is 0 Å². The molecule has 0 aliphatic heterocycles. The lowest BCUT2D eigenvalue weighted by Gasteiger charge is -2.24. The summed E-state index contributed by atoms with van der Waals surface area (Å²) in [5, 5.41) is 9.37. The molecule has 6 rings (SSSR count). The van der Waals surface area contributed by atoms with E-state index >= 15 is 4.57 Å². The Balaban J connectivity index is 1.86. The van der Waals surface area contributed by atoms with Gasteiger partial charge in [-0.1, -0.05) is 121 Å². The standard InChI is InChI=1S/C30H21OP/c31-32(24-13-3-1-4-14-24,25-15-5-2-6-16-25)30-27-18-10-8-12-23(27)21-29-26-17-9-7-11-22(26)19-20-28(29)30/h1-21H. The molecule has 0 amide bonds. The predicted molar refractivity (Wildman–Crippen MR) is 138 cm³/mol. The Labute approximate surface area is 187 Å². The average molecular weight is 428 g/mol. The molecule has 6 aromatic carbocycles. The third-order valence-electron chi connectivity index (χ3n) is 6.30. The van der Waals surface area contributed by atoms with Crippen LogP contribution in [0.25, 0.3) is 32.3 Å². The van der Waals surface area contributed by atoms with Crippen molar-refractivity contribution in [3.8, 4) is 0 Å². The summed E-state index contributed by atoms with van der Waals surface area (Å²) in [7, 11) is -3.15. The van der Waals surface area contributed by atoms with Gasteiger partial charge < -0.3 is 4.57 Å². The third-order valence-corrected chi connectivity index (χ3v) is 9.46. The van der Waals surface area contributed by atoms with Gasteiger partial charge in [0.15, 0.2) is 7.14 Å². The van der Waals surface area contributed by atoms with Crippen LogP contribution in [0.15, 0.2) is 127 Å². The summed E-state index contributed by atoms with van der Waals surface area (Å²) >= 11 is 0. The first-order valence-corrected chi connectivity index (χ1v) is 12.5. The highest BCUT2D eigenvalue weighted by molar-refractivity contribution is 7.86. The van der Waals surface area contributed by atoms with E-state index in [4.69, 9.17) is 0 Å². The molecule has 0 saturated carbocycles. The van der Waals surface area contributed by atoms with E-state index in [-0.39, 0.29) is 0 Å². The second-order valence-electron chi connectivity index (χ2n) is 8.11. The van der Waals surface area contributed by atoms with E-state index in [2.05, 4.69) is 60.7 Å². The van der Waals surface area contributed by atoms with Gasteiger partial charge in [0.1, 0.15) is 0 Å². The van der Waals surface area contributed by atoms with Crippen LogP contribution in [0.4, 0.5) is 0 Å². The molecule has 0 radical (unpaired) electrons. The zero-order valence-corrected chi connectivity index (χ0v) is 18.4. The number of benzene rings is 6. The highest BCUT2D eigenvalue weighted by Gasteiger charge is 2.33. The Morgan fingerprint density at radius 2 is 0.938 bits per heavy atom. The molecule has 0 spiro atoms. The highest BCUT2D eigenvalue weighted by Crippen LogP contribution is 2.47. The van der Waals surface area contributed by atoms with Crippen molar-refractivity contribution in [3.05, 3.63) is 127 Å². The lowest BCUT2D eigenvalue weighted by molar-refractivity contribution is 0.593. The number of rotatable bonds is 3.